The van der Waals surface area contributed by atoms with Crippen LogP contribution in [0.3, 0.4) is 0 Å². The number of carbonyl (C=O) groups excluding carboxylic acids is 1. The molecule has 0 aliphatic rings. The zero-order valence-electron chi connectivity index (χ0n) is 14.8. The second kappa shape index (κ2) is 9.20. The molecular formula is C21H16Cl3NO3. The summed E-state index contributed by atoms with van der Waals surface area (Å²) >= 11 is 18.1. The Morgan fingerprint density at radius 3 is 2.32 bits per heavy atom. The van der Waals surface area contributed by atoms with Crippen LogP contribution in [0.4, 0.5) is 5.69 Å². The number of para-hydroxylation sites is 1. The average Bonchev–Trinajstić information content (AvgIpc) is 2.66. The molecule has 0 aliphatic carbocycles. The van der Waals surface area contributed by atoms with Crippen molar-refractivity contribution in [3.63, 3.8) is 0 Å². The van der Waals surface area contributed by atoms with E-state index in [1.54, 1.807) is 55.6 Å². The number of ether oxygens (including phenoxy) is 2. The summed E-state index contributed by atoms with van der Waals surface area (Å²) in [6.07, 6.45) is 0. The minimum Gasteiger partial charge on any atom is -0.496 e. The molecule has 0 bridgehead atoms. The summed E-state index contributed by atoms with van der Waals surface area (Å²) in [6.45, 7) is 0.191. The highest BCUT2D eigenvalue weighted by molar-refractivity contribution is 6.35. The summed E-state index contributed by atoms with van der Waals surface area (Å²) < 4.78 is 11.1. The predicted molar refractivity (Wildman–Crippen MR) is 113 cm³/mol. The lowest BCUT2D eigenvalue weighted by molar-refractivity contribution is 0.102. The minimum atomic E-state index is -0.306. The number of anilines is 1. The molecule has 0 fully saturated rings. The quantitative estimate of drug-likeness (QED) is 0.480. The number of hydrogen-bond donors (Lipinski definition) is 1. The lowest BCUT2D eigenvalue weighted by Gasteiger charge is -2.13. The van der Waals surface area contributed by atoms with Crippen molar-refractivity contribution in [1.29, 1.82) is 0 Å². The lowest BCUT2D eigenvalue weighted by atomic mass is 10.1. The summed E-state index contributed by atoms with van der Waals surface area (Å²) in [5, 5.41) is 4.16. The Balaban J connectivity index is 1.79. The Labute approximate surface area is 177 Å². The van der Waals surface area contributed by atoms with Crippen molar-refractivity contribution in [2.24, 2.45) is 0 Å². The van der Waals surface area contributed by atoms with Gasteiger partial charge in [0.25, 0.3) is 5.91 Å². The average molecular weight is 437 g/mol. The van der Waals surface area contributed by atoms with Crippen LogP contribution < -0.4 is 14.8 Å². The van der Waals surface area contributed by atoms with Crippen molar-refractivity contribution in [2.75, 3.05) is 12.4 Å². The molecule has 1 amide bonds. The second-order valence-electron chi connectivity index (χ2n) is 5.86. The smallest absolute Gasteiger partial charge is 0.255 e. The van der Waals surface area contributed by atoms with Gasteiger partial charge in [-0.1, -0.05) is 46.9 Å². The van der Waals surface area contributed by atoms with Crippen molar-refractivity contribution in [2.45, 2.75) is 6.61 Å². The standard InChI is InChI=1S/C21H16Cl3NO3/c1-27-19-7-6-13(21(26)25-17-10-15(22)9-16(23)11-17)8-14(19)12-28-20-5-3-2-4-18(20)24/h2-11H,12H2,1H3,(H,25,26). The maximum Gasteiger partial charge on any atom is 0.255 e. The van der Waals surface area contributed by atoms with Crippen molar-refractivity contribution in [1.82, 2.24) is 0 Å². The van der Waals surface area contributed by atoms with E-state index in [0.29, 0.717) is 43.4 Å². The Kier molecular flexibility index (Phi) is 6.68. The first-order valence-corrected chi connectivity index (χ1v) is 9.41. The van der Waals surface area contributed by atoms with Gasteiger partial charge in [-0.2, -0.15) is 0 Å². The fraction of sp³-hybridized carbons (Fsp3) is 0.0952. The summed E-state index contributed by atoms with van der Waals surface area (Å²) in [7, 11) is 1.56. The van der Waals surface area contributed by atoms with E-state index in [4.69, 9.17) is 44.3 Å². The van der Waals surface area contributed by atoms with Gasteiger partial charge in [-0.15, -0.1) is 0 Å². The molecule has 0 atom stereocenters. The highest BCUT2D eigenvalue weighted by atomic mass is 35.5. The summed E-state index contributed by atoms with van der Waals surface area (Å²) in [5.41, 5.74) is 1.65. The van der Waals surface area contributed by atoms with Crippen LogP contribution in [0.15, 0.2) is 60.7 Å². The number of amides is 1. The van der Waals surface area contributed by atoms with E-state index in [0.717, 1.165) is 0 Å². The molecule has 0 radical (unpaired) electrons. The van der Waals surface area contributed by atoms with Gasteiger partial charge in [0, 0.05) is 26.9 Å². The van der Waals surface area contributed by atoms with Crippen LogP contribution in [0.25, 0.3) is 0 Å². The maximum atomic E-state index is 12.6. The fourth-order valence-electron chi connectivity index (χ4n) is 2.58. The van der Waals surface area contributed by atoms with E-state index < -0.39 is 0 Å². The van der Waals surface area contributed by atoms with Gasteiger partial charge in [0.2, 0.25) is 0 Å². The molecule has 0 heterocycles. The highest BCUT2D eigenvalue weighted by Gasteiger charge is 2.12. The summed E-state index contributed by atoms with van der Waals surface area (Å²) in [5.74, 6) is 0.851. The molecule has 0 saturated heterocycles. The Morgan fingerprint density at radius 1 is 0.929 bits per heavy atom. The summed E-state index contributed by atoms with van der Waals surface area (Å²) in [4.78, 5) is 12.6. The third kappa shape index (κ3) is 5.10. The number of nitrogens with one attached hydrogen (secondary N) is 1. The van der Waals surface area contributed by atoms with E-state index in [9.17, 15) is 4.79 Å². The number of methoxy groups -OCH3 is 1. The van der Waals surface area contributed by atoms with E-state index >= 15 is 0 Å². The first kappa shape index (κ1) is 20.3. The predicted octanol–water partition coefficient (Wildman–Crippen LogP) is 6.49. The SMILES string of the molecule is COc1ccc(C(=O)Nc2cc(Cl)cc(Cl)c2)cc1COc1ccccc1Cl. The maximum absolute atomic E-state index is 12.6. The molecule has 3 rings (SSSR count). The fourth-order valence-corrected chi connectivity index (χ4v) is 3.30. The summed E-state index contributed by atoms with van der Waals surface area (Å²) in [6, 6.07) is 17.1. The zero-order chi connectivity index (χ0) is 20.1. The number of rotatable bonds is 6. The molecule has 144 valence electrons. The number of carbonyl (C=O) groups is 1. The normalized spacial score (nSPS) is 10.4. The lowest BCUT2D eigenvalue weighted by Crippen LogP contribution is -2.13. The Hall–Kier alpha value is -2.40. The molecule has 0 spiro atoms. The Morgan fingerprint density at radius 2 is 1.64 bits per heavy atom. The number of benzene rings is 3. The molecule has 28 heavy (non-hydrogen) atoms. The van der Waals surface area contributed by atoms with Crippen molar-refractivity contribution < 1.29 is 14.3 Å². The second-order valence-corrected chi connectivity index (χ2v) is 7.14. The van der Waals surface area contributed by atoms with Crippen molar-refractivity contribution >= 4 is 46.4 Å². The molecular weight excluding hydrogens is 421 g/mol. The van der Waals surface area contributed by atoms with Gasteiger partial charge in [0.05, 0.1) is 12.1 Å². The first-order valence-electron chi connectivity index (χ1n) is 8.28. The van der Waals surface area contributed by atoms with Crippen molar-refractivity contribution in [3.8, 4) is 11.5 Å². The molecule has 0 saturated carbocycles. The van der Waals surface area contributed by atoms with E-state index in [1.165, 1.54) is 0 Å². The van der Waals surface area contributed by atoms with Gasteiger partial charge in [0.15, 0.2) is 0 Å². The highest BCUT2D eigenvalue weighted by Crippen LogP contribution is 2.27. The van der Waals surface area contributed by atoms with Gasteiger partial charge in [-0.25, -0.2) is 0 Å². The molecule has 0 unspecified atom stereocenters. The number of halogens is 3. The van der Waals surface area contributed by atoms with Crippen LogP contribution >= 0.6 is 34.8 Å². The molecule has 3 aromatic rings. The molecule has 0 aromatic heterocycles. The molecule has 0 aliphatic heterocycles. The van der Waals surface area contributed by atoms with E-state index in [2.05, 4.69) is 5.32 Å². The van der Waals surface area contributed by atoms with Gasteiger partial charge in [-0.3, -0.25) is 4.79 Å². The molecule has 3 aromatic carbocycles. The van der Waals surface area contributed by atoms with Gasteiger partial charge in [0.1, 0.15) is 18.1 Å². The largest absolute Gasteiger partial charge is 0.496 e. The van der Waals surface area contributed by atoms with E-state index in [1.807, 2.05) is 12.1 Å². The molecule has 4 nitrogen and oxygen atoms in total. The molecule has 1 N–H and O–H groups in total. The van der Waals surface area contributed by atoms with Gasteiger partial charge < -0.3 is 14.8 Å². The third-order valence-electron chi connectivity index (χ3n) is 3.88. The van der Waals surface area contributed by atoms with Crippen LogP contribution in [-0.2, 0) is 6.61 Å². The van der Waals surface area contributed by atoms with E-state index in [-0.39, 0.29) is 12.5 Å². The van der Waals surface area contributed by atoms with Crippen LogP contribution in [0, 0.1) is 0 Å². The van der Waals surface area contributed by atoms with Crippen LogP contribution in [0.2, 0.25) is 15.1 Å². The Bertz CT molecular complexity index is 988. The number of hydrogen-bond acceptors (Lipinski definition) is 3. The molecule has 7 heteroatoms. The first-order chi connectivity index (χ1) is 13.5. The zero-order valence-corrected chi connectivity index (χ0v) is 17.1. The minimum absolute atomic E-state index is 0.191. The third-order valence-corrected chi connectivity index (χ3v) is 4.63. The van der Waals surface area contributed by atoms with Gasteiger partial charge >= 0.3 is 0 Å². The van der Waals surface area contributed by atoms with Gasteiger partial charge in [-0.05, 0) is 48.5 Å². The monoisotopic (exact) mass is 435 g/mol. The van der Waals surface area contributed by atoms with Crippen LogP contribution in [0.1, 0.15) is 15.9 Å². The van der Waals surface area contributed by atoms with Crippen LogP contribution in [0.5, 0.6) is 11.5 Å². The van der Waals surface area contributed by atoms with Crippen molar-refractivity contribution in [3.05, 3.63) is 86.9 Å². The van der Waals surface area contributed by atoms with Crippen LogP contribution in [-0.4, -0.2) is 13.0 Å². The topological polar surface area (TPSA) is 47.6 Å².